The van der Waals surface area contributed by atoms with Gasteiger partial charge in [-0.25, -0.2) is 9.78 Å². The standard InChI is InChI=1S/C17H21N5O2/c1-24-15-5-3-2-4-14(15)12-20-17(23)22-10-8-21(9-11-22)16-13-18-6-7-19-16/h2-7,13H,8-12H2,1H3,(H,20,23). The first-order valence-corrected chi connectivity index (χ1v) is 7.93. The summed E-state index contributed by atoms with van der Waals surface area (Å²) in [6.07, 6.45) is 5.09. The molecule has 2 aromatic rings. The first-order chi connectivity index (χ1) is 11.8. The third-order valence-electron chi connectivity index (χ3n) is 4.06. The van der Waals surface area contributed by atoms with Gasteiger partial charge in [0.25, 0.3) is 0 Å². The van der Waals surface area contributed by atoms with Crippen LogP contribution in [0.2, 0.25) is 0 Å². The minimum Gasteiger partial charge on any atom is -0.496 e. The van der Waals surface area contributed by atoms with Gasteiger partial charge >= 0.3 is 6.03 Å². The van der Waals surface area contributed by atoms with E-state index in [4.69, 9.17) is 4.74 Å². The number of amides is 2. The highest BCUT2D eigenvalue weighted by Gasteiger charge is 2.21. The molecule has 0 bridgehead atoms. The molecule has 126 valence electrons. The molecule has 24 heavy (non-hydrogen) atoms. The number of benzene rings is 1. The van der Waals surface area contributed by atoms with Crippen LogP contribution in [0, 0.1) is 0 Å². The molecule has 7 nitrogen and oxygen atoms in total. The smallest absolute Gasteiger partial charge is 0.317 e. The van der Waals surface area contributed by atoms with Gasteiger partial charge in [-0.3, -0.25) is 4.98 Å². The van der Waals surface area contributed by atoms with Gasteiger partial charge in [0.15, 0.2) is 0 Å². The average Bonchev–Trinajstić information content (AvgIpc) is 2.67. The Hall–Kier alpha value is -2.83. The number of carbonyl (C=O) groups is 1. The van der Waals surface area contributed by atoms with Crippen LogP contribution in [0.3, 0.4) is 0 Å². The number of nitrogens with zero attached hydrogens (tertiary/aromatic N) is 4. The molecule has 1 aromatic carbocycles. The molecular weight excluding hydrogens is 306 g/mol. The normalized spacial score (nSPS) is 14.4. The van der Waals surface area contributed by atoms with Crippen LogP contribution in [-0.2, 0) is 6.54 Å². The van der Waals surface area contributed by atoms with E-state index in [1.165, 1.54) is 0 Å². The number of hydrogen-bond acceptors (Lipinski definition) is 5. The summed E-state index contributed by atoms with van der Waals surface area (Å²) in [6, 6.07) is 7.63. The van der Waals surface area contributed by atoms with Crippen molar-refractivity contribution < 1.29 is 9.53 Å². The molecule has 0 saturated carbocycles. The number of piperazine rings is 1. The summed E-state index contributed by atoms with van der Waals surface area (Å²) >= 11 is 0. The SMILES string of the molecule is COc1ccccc1CNC(=O)N1CCN(c2cnccn2)CC1. The Morgan fingerprint density at radius 2 is 2.00 bits per heavy atom. The molecule has 1 fully saturated rings. The molecule has 7 heteroatoms. The second kappa shape index (κ2) is 7.63. The van der Waals surface area contributed by atoms with Crippen LogP contribution in [0.15, 0.2) is 42.9 Å². The van der Waals surface area contributed by atoms with E-state index in [0.29, 0.717) is 19.6 Å². The van der Waals surface area contributed by atoms with Crippen LogP contribution < -0.4 is 15.0 Å². The predicted molar refractivity (Wildman–Crippen MR) is 91.0 cm³/mol. The molecule has 1 N–H and O–H groups in total. The monoisotopic (exact) mass is 327 g/mol. The average molecular weight is 327 g/mol. The highest BCUT2D eigenvalue weighted by Crippen LogP contribution is 2.17. The van der Waals surface area contributed by atoms with Gasteiger partial charge in [0.05, 0.1) is 13.3 Å². The number of aromatic nitrogens is 2. The number of nitrogens with one attached hydrogen (secondary N) is 1. The Bertz CT molecular complexity index is 672. The van der Waals surface area contributed by atoms with Gasteiger partial charge in [0.2, 0.25) is 0 Å². The Morgan fingerprint density at radius 3 is 2.71 bits per heavy atom. The topological polar surface area (TPSA) is 70.6 Å². The maximum absolute atomic E-state index is 12.3. The number of carbonyl (C=O) groups excluding carboxylic acids is 1. The van der Waals surface area contributed by atoms with Gasteiger partial charge in [0, 0.05) is 50.7 Å². The van der Waals surface area contributed by atoms with E-state index in [0.717, 1.165) is 30.2 Å². The Morgan fingerprint density at radius 1 is 1.21 bits per heavy atom. The lowest BCUT2D eigenvalue weighted by Gasteiger charge is -2.35. The number of urea groups is 1. The Balaban J connectivity index is 1.50. The molecule has 2 heterocycles. The number of rotatable bonds is 4. The second-order valence-electron chi connectivity index (χ2n) is 5.51. The lowest BCUT2D eigenvalue weighted by atomic mass is 10.2. The fourth-order valence-electron chi connectivity index (χ4n) is 2.72. The van der Waals surface area contributed by atoms with Gasteiger partial charge in [0.1, 0.15) is 11.6 Å². The van der Waals surface area contributed by atoms with Crippen molar-refractivity contribution in [3.05, 3.63) is 48.4 Å². The zero-order chi connectivity index (χ0) is 16.8. The molecular formula is C17H21N5O2. The van der Waals surface area contributed by atoms with E-state index in [9.17, 15) is 4.79 Å². The van der Waals surface area contributed by atoms with E-state index in [1.54, 1.807) is 25.7 Å². The summed E-state index contributed by atoms with van der Waals surface area (Å²) in [5.74, 6) is 1.64. The molecule has 3 rings (SSSR count). The summed E-state index contributed by atoms with van der Waals surface area (Å²) in [4.78, 5) is 24.7. The van der Waals surface area contributed by atoms with Gasteiger partial charge in [-0.05, 0) is 6.07 Å². The Labute approximate surface area is 141 Å². The van der Waals surface area contributed by atoms with Crippen molar-refractivity contribution in [1.82, 2.24) is 20.2 Å². The zero-order valence-electron chi connectivity index (χ0n) is 13.7. The van der Waals surface area contributed by atoms with Crippen LogP contribution in [0.5, 0.6) is 5.75 Å². The van der Waals surface area contributed by atoms with Gasteiger partial charge in [-0.1, -0.05) is 18.2 Å². The third-order valence-corrected chi connectivity index (χ3v) is 4.06. The quantitative estimate of drug-likeness (QED) is 0.922. The summed E-state index contributed by atoms with van der Waals surface area (Å²) in [7, 11) is 1.63. The molecule has 0 radical (unpaired) electrons. The molecule has 0 aliphatic carbocycles. The molecule has 1 aliphatic rings. The van der Waals surface area contributed by atoms with Crippen LogP contribution >= 0.6 is 0 Å². The number of para-hydroxylation sites is 1. The number of methoxy groups -OCH3 is 1. The van der Waals surface area contributed by atoms with Crippen LogP contribution in [-0.4, -0.2) is 54.2 Å². The molecule has 0 atom stereocenters. The number of hydrogen-bond donors (Lipinski definition) is 1. The van der Waals surface area contributed by atoms with Crippen molar-refractivity contribution in [2.45, 2.75) is 6.54 Å². The third kappa shape index (κ3) is 3.73. The van der Waals surface area contributed by atoms with Gasteiger partial charge in [-0.15, -0.1) is 0 Å². The van der Waals surface area contributed by atoms with Crippen LogP contribution in [0.1, 0.15) is 5.56 Å². The molecule has 1 saturated heterocycles. The summed E-state index contributed by atoms with van der Waals surface area (Å²) in [6.45, 7) is 3.28. The largest absolute Gasteiger partial charge is 0.496 e. The second-order valence-corrected chi connectivity index (χ2v) is 5.51. The summed E-state index contributed by atoms with van der Waals surface area (Å²) in [5.41, 5.74) is 0.964. The van der Waals surface area contributed by atoms with E-state index in [1.807, 2.05) is 29.2 Å². The maximum Gasteiger partial charge on any atom is 0.317 e. The lowest BCUT2D eigenvalue weighted by molar-refractivity contribution is 0.193. The number of ether oxygens (including phenoxy) is 1. The van der Waals surface area contributed by atoms with Crippen molar-refractivity contribution in [3.63, 3.8) is 0 Å². The zero-order valence-corrected chi connectivity index (χ0v) is 13.7. The van der Waals surface area contributed by atoms with Crippen molar-refractivity contribution >= 4 is 11.8 Å². The fourth-order valence-corrected chi connectivity index (χ4v) is 2.72. The van der Waals surface area contributed by atoms with Crippen molar-refractivity contribution in [3.8, 4) is 5.75 Å². The van der Waals surface area contributed by atoms with Crippen LogP contribution in [0.25, 0.3) is 0 Å². The minimum atomic E-state index is -0.0558. The number of anilines is 1. The van der Waals surface area contributed by atoms with E-state index < -0.39 is 0 Å². The lowest BCUT2D eigenvalue weighted by Crippen LogP contribution is -2.51. The molecule has 1 aromatic heterocycles. The first-order valence-electron chi connectivity index (χ1n) is 7.93. The Kier molecular flexibility index (Phi) is 5.10. The minimum absolute atomic E-state index is 0.0558. The predicted octanol–water partition coefficient (Wildman–Crippen LogP) is 1.52. The van der Waals surface area contributed by atoms with E-state index in [-0.39, 0.29) is 6.03 Å². The van der Waals surface area contributed by atoms with Crippen LogP contribution in [0.4, 0.5) is 10.6 Å². The first kappa shape index (κ1) is 16.0. The molecule has 2 amide bonds. The van der Waals surface area contributed by atoms with E-state index in [2.05, 4.69) is 20.2 Å². The highest BCUT2D eigenvalue weighted by atomic mass is 16.5. The van der Waals surface area contributed by atoms with E-state index >= 15 is 0 Å². The highest BCUT2D eigenvalue weighted by molar-refractivity contribution is 5.74. The fraction of sp³-hybridized carbons (Fsp3) is 0.353. The van der Waals surface area contributed by atoms with Gasteiger partial charge in [-0.2, -0.15) is 0 Å². The van der Waals surface area contributed by atoms with Crippen molar-refractivity contribution in [1.29, 1.82) is 0 Å². The van der Waals surface area contributed by atoms with Crippen molar-refractivity contribution in [2.24, 2.45) is 0 Å². The molecule has 0 spiro atoms. The van der Waals surface area contributed by atoms with Gasteiger partial charge < -0.3 is 19.9 Å². The maximum atomic E-state index is 12.3. The summed E-state index contributed by atoms with van der Waals surface area (Å²) < 4.78 is 5.30. The van der Waals surface area contributed by atoms with Crippen molar-refractivity contribution in [2.75, 3.05) is 38.2 Å². The molecule has 1 aliphatic heterocycles. The summed E-state index contributed by atoms with van der Waals surface area (Å²) in [5, 5.41) is 2.96. The molecule has 0 unspecified atom stereocenters.